The van der Waals surface area contributed by atoms with Crippen molar-refractivity contribution in [1.82, 2.24) is 10.5 Å². The molecule has 9 heavy (non-hydrogen) atoms. The molecule has 0 aliphatic heterocycles. The molecule has 0 aliphatic carbocycles. The highest BCUT2D eigenvalue weighted by Gasteiger charge is 1.84. The van der Waals surface area contributed by atoms with Crippen molar-refractivity contribution < 1.29 is 0 Å². The molecule has 0 unspecified atom stereocenters. The molecule has 0 aromatic rings. The summed E-state index contributed by atoms with van der Waals surface area (Å²) in [6, 6.07) is 0. The average Bonchev–Trinajstić information content (AvgIpc) is 1.85. The first-order valence-corrected chi connectivity index (χ1v) is 2.86. The number of nitrogens with one attached hydrogen (secondary N) is 2. The second kappa shape index (κ2) is 5.44. The third-order valence-corrected chi connectivity index (χ3v) is 0.812. The van der Waals surface area contributed by atoms with E-state index in [-0.39, 0.29) is 0 Å². The van der Waals surface area contributed by atoms with Crippen LogP contribution >= 0.6 is 0 Å². The van der Waals surface area contributed by atoms with E-state index in [1.54, 1.807) is 13.6 Å². The minimum Gasteiger partial charge on any atom is -0.421 e. The maximum atomic E-state index is 3.56. The molecule has 0 aromatic carbocycles. The average molecular weight is 123 g/mol. The molecule has 0 spiro atoms. The lowest BCUT2D eigenvalue weighted by atomic mass is 10.2. The van der Waals surface area contributed by atoms with Gasteiger partial charge in [0.15, 0.2) is 0 Å². The first kappa shape index (κ1) is 8.30. The van der Waals surface area contributed by atoms with Gasteiger partial charge >= 0.3 is 7.55 Å². The van der Waals surface area contributed by atoms with Crippen LogP contribution in [0.25, 0.3) is 0 Å². The molecule has 49 valence electrons. The molecular weight excluding hydrogens is 111 g/mol. The molecule has 2 nitrogen and oxygen atoms in total. The van der Waals surface area contributed by atoms with E-state index in [1.807, 2.05) is 20.0 Å². The summed E-state index contributed by atoms with van der Waals surface area (Å²) < 4.78 is 0. The molecule has 0 saturated heterocycles. The number of hydrogen-bond acceptors (Lipinski definition) is 2. The number of allylic oxidation sites excluding steroid dienone is 3. The van der Waals surface area contributed by atoms with Crippen LogP contribution in [0.1, 0.15) is 6.92 Å². The van der Waals surface area contributed by atoms with Gasteiger partial charge in [0.05, 0.1) is 0 Å². The molecule has 0 saturated carbocycles. The third-order valence-electron chi connectivity index (χ3n) is 0.812. The Morgan fingerprint density at radius 3 is 2.78 bits per heavy atom. The van der Waals surface area contributed by atoms with Crippen LogP contribution in [0.2, 0.25) is 0 Å². The van der Waals surface area contributed by atoms with Crippen molar-refractivity contribution in [3.8, 4) is 0 Å². The molecule has 0 amide bonds. The van der Waals surface area contributed by atoms with Crippen LogP contribution in [0.4, 0.5) is 0 Å². The Hall–Kier alpha value is -0.695. The summed E-state index contributed by atoms with van der Waals surface area (Å²) in [5.74, 6) is 0. The van der Waals surface area contributed by atoms with Gasteiger partial charge in [-0.25, -0.2) is 0 Å². The zero-order valence-electron chi connectivity index (χ0n) is 5.94. The summed E-state index contributed by atoms with van der Waals surface area (Å²) in [5.41, 5.74) is 1.07. The Bertz CT molecular complexity index is 110. The topological polar surface area (TPSA) is 24.1 Å². The minimum atomic E-state index is 1.07. The van der Waals surface area contributed by atoms with Gasteiger partial charge in [-0.2, -0.15) is 0 Å². The van der Waals surface area contributed by atoms with E-state index in [1.165, 1.54) is 0 Å². The van der Waals surface area contributed by atoms with Crippen molar-refractivity contribution in [3.63, 3.8) is 0 Å². The van der Waals surface area contributed by atoms with Crippen molar-refractivity contribution in [2.75, 3.05) is 7.05 Å². The number of rotatable bonds is 4. The SMILES string of the molecule is C=C/C=C(/C)N[B]NC. The smallest absolute Gasteiger partial charge is 0.345 e. The lowest BCUT2D eigenvalue weighted by molar-refractivity contribution is 1.10. The molecular formula is C6H12BN2. The predicted octanol–water partition coefficient (Wildman–Crippen LogP) is 0.419. The van der Waals surface area contributed by atoms with Crippen LogP contribution in [-0.2, 0) is 0 Å². The maximum absolute atomic E-state index is 3.56. The quantitative estimate of drug-likeness (QED) is 0.418. The molecule has 0 heterocycles. The van der Waals surface area contributed by atoms with Gasteiger partial charge in [-0.1, -0.05) is 12.7 Å². The second-order valence-corrected chi connectivity index (χ2v) is 1.66. The molecule has 0 aromatic heterocycles. The van der Waals surface area contributed by atoms with E-state index >= 15 is 0 Å². The Morgan fingerprint density at radius 1 is 1.67 bits per heavy atom. The highest BCUT2D eigenvalue weighted by atomic mass is 14.9. The molecule has 0 atom stereocenters. The molecule has 0 bridgehead atoms. The summed E-state index contributed by atoms with van der Waals surface area (Å²) in [6.07, 6.45) is 3.64. The Kier molecular flexibility index (Phi) is 5.02. The van der Waals surface area contributed by atoms with E-state index in [2.05, 4.69) is 17.0 Å². The largest absolute Gasteiger partial charge is 0.421 e. The van der Waals surface area contributed by atoms with Gasteiger partial charge in [0, 0.05) is 0 Å². The fraction of sp³-hybridized carbons (Fsp3) is 0.333. The highest BCUT2D eigenvalue weighted by Crippen LogP contribution is 1.82. The molecule has 0 rings (SSSR count). The molecule has 0 fully saturated rings. The van der Waals surface area contributed by atoms with Crippen LogP contribution < -0.4 is 10.5 Å². The normalized spacial score (nSPS) is 10.7. The van der Waals surface area contributed by atoms with Crippen LogP contribution in [-0.4, -0.2) is 14.6 Å². The van der Waals surface area contributed by atoms with Crippen LogP contribution in [0, 0.1) is 0 Å². The van der Waals surface area contributed by atoms with Gasteiger partial charge in [0.2, 0.25) is 0 Å². The van der Waals surface area contributed by atoms with Gasteiger partial charge in [-0.05, 0) is 25.7 Å². The lowest BCUT2D eigenvalue weighted by Crippen LogP contribution is -2.28. The summed E-state index contributed by atoms with van der Waals surface area (Å²) in [7, 11) is 3.60. The van der Waals surface area contributed by atoms with Gasteiger partial charge in [0.1, 0.15) is 0 Å². The van der Waals surface area contributed by atoms with Gasteiger partial charge < -0.3 is 10.5 Å². The summed E-state index contributed by atoms with van der Waals surface area (Å²) in [5, 5.41) is 5.83. The molecule has 0 aliphatic rings. The first-order valence-electron chi connectivity index (χ1n) is 2.86. The van der Waals surface area contributed by atoms with Gasteiger partial charge in [-0.15, -0.1) is 0 Å². The van der Waals surface area contributed by atoms with E-state index < -0.39 is 0 Å². The van der Waals surface area contributed by atoms with Crippen LogP contribution in [0.3, 0.4) is 0 Å². The van der Waals surface area contributed by atoms with E-state index in [4.69, 9.17) is 0 Å². The maximum Gasteiger partial charge on any atom is 0.345 e. The summed E-state index contributed by atoms with van der Waals surface area (Å²) in [4.78, 5) is 0. The summed E-state index contributed by atoms with van der Waals surface area (Å²) in [6.45, 7) is 5.53. The Balaban J connectivity index is 3.36. The Morgan fingerprint density at radius 2 is 2.33 bits per heavy atom. The predicted molar refractivity (Wildman–Crippen MR) is 41.9 cm³/mol. The molecule has 3 heteroatoms. The third kappa shape index (κ3) is 5.17. The van der Waals surface area contributed by atoms with Crippen molar-refractivity contribution in [1.29, 1.82) is 0 Å². The van der Waals surface area contributed by atoms with Crippen LogP contribution in [0.15, 0.2) is 24.4 Å². The van der Waals surface area contributed by atoms with Gasteiger partial charge in [0.25, 0.3) is 0 Å². The fourth-order valence-corrected chi connectivity index (χ4v) is 0.411. The lowest BCUT2D eigenvalue weighted by Gasteiger charge is -2.00. The fourth-order valence-electron chi connectivity index (χ4n) is 0.411. The van der Waals surface area contributed by atoms with E-state index in [0.717, 1.165) is 5.70 Å². The minimum absolute atomic E-state index is 1.07. The first-order chi connectivity index (χ1) is 4.31. The van der Waals surface area contributed by atoms with Crippen LogP contribution in [0.5, 0.6) is 0 Å². The standard InChI is InChI=1S/C6H12BN2/c1-4-5-6(2)9-7-8-3/h4-5,8-9H,1H2,2-3H3/b6-5-. The van der Waals surface area contributed by atoms with Crippen molar-refractivity contribution in [2.24, 2.45) is 0 Å². The molecule has 1 radical (unpaired) electrons. The second-order valence-electron chi connectivity index (χ2n) is 1.66. The molecule has 2 N–H and O–H groups in total. The van der Waals surface area contributed by atoms with E-state index in [9.17, 15) is 0 Å². The van der Waals surface area contributed by atoms with Gasteiger partial charge in [-0.3, -0.25) is 0 Å². The van der Waals surface area contributed by atoms with E-state index in [0.29, 0.717) is 0 Å². The zero-order valence-corrected chi connectivity index (χ0v) is 5.94. The Labute approximate surface area is 57.3 Å². The number of hydrogen-bond donors (Lipinski definition) is 2. The monoisotopic (exact) mass is 123 g/mol. The van der Waals surface area contributed by atoms with Crippen molar-refractivity contribution in [2.45, 2.75) is 6.92 Å². The highest BCUT2D eigenvalue weighted by molar-refractivity contribution is 6.29. The zero-order chi connectivity index (χ0) is 7.11. The van der Waals surface area contributed by atoms with Crippen molar-refractivity contribution >= 4 is 7.55 Å². The summed E-state index contributed by atoms with van der Waals surface area (Å²) >= 11 is 0. The van der Waals surface area contributed by atoms with Crippen molar-refractivity contribution in [3.05, 3.63) is 24.4 Å².